The van der Waals surface area contributed by atoms with E-state index in [9.17, 15) is 14.4 Å². The van der Waals surface area contributed by atoms with Gasteiger partial charge in [-0.15, -0.1) is 0 Å². The summed E-state index contributed by atoms with van der Waals surface area (Å²) in [5.74, 6) is -0.629. The smallest absolute Gasteiger partial charge is 0.325 e. The number of carbonyl (C=O) groups is 3. The molecule has 0 rings (SSSR count). The molecule has 0 radical (unpaired) electrons. The molecule has 0 aromatic rings. The maximum Gasteiger partial charge on any atom is 0.325 e. The zero-order valence-electron chi connectivity index (χ0n) is 10.4. The van der Waals surface area contributed by atoms with Gasteiger partial charge >= 0.3 is 12.0 Å². The number of nitrogens with zero attached hydrogens (tertiary/aromatic N) is 1. The zero-order valence-corrected chi connectivity index (χ0v) is 10.4. The molecule has 17 heavy (non-hydrogen) atoms. The van der Waals surface area contributed by atoms with Crippen LogP contribution in [0.2, 0.25) is 0 Å². The summed E-state index contributed by atoms with van der Waals surface area (Å²) >= 11 is 0. The van der Waals surface area contributed by atoms with Crippen LogP contribution in [-0.4, -0.2) is 56.6 Å². The van der Waals surface area contributed by atoms with Crippen LogP contribution in [0.3, 0.4) is 0 Å². The normalized spacial score (nSPS) is 9.35. The minimum absolute atomic E-state index is 0.143. The molecule has 0 heterocycles. The first-order chi connectivity index (χ1) is 8.01. The fourth-order valence-electron chi connectivity index (χ4n) is 0.991. The van der Waals surface area contributed by atoms with Gasteiger partial charge in [0, 0.05) is 27.1 Å². The Kier molecular flexibility index (Phi) is 7.49. The van der Waals surface area contributed by atoms with Crippen molar-refractivity contribution >= 4 is 17.9 Å². The van der Waals surface area contributed by atoms with Crippen molar-refractivity contribution in [3.8, 4) is 0 Å². The predicted octanol–water partition coefficient (Wildman–Crippen LogP) is -0.673. The number of hydrogen-bond acceptors (Lipinski definition) is 4. The molecule has 98 valence electrons. The van der Waals surface area contributed by atoms with E-state index >= 15 is 0 Å². The van der Waals surface area contributed by atoms with Gasteiger partial charge in [0.2, 0.25) is 5.91 Å². The van der Waals surface area contributed by atoms with Crippen molar-refractivity contribution in [1.82, 2.24) is 15.5 Å². The molecule has 0 aliphatic carbocycles. The van der Waals surface area contributed by atoms with Crippen LogP contribution in [0.4, 0.5) is 4.79 Å². The molecular weight excluding hydrogens is 226 g/mol. The Hall–Kier alpha value is -1.79. The molecular formula is C10H19N3O4. The molecule has 7 heteroatoms. The monoisotopic (exact) mass is 245 g/mol. The van der Waals surface area contributed by atoms with Crippen molar-refractivity contribution in [3.05, 3.63) is 0 Å². The second-order valence-electron chi connectivity index (χ2n) is 3.31. The average molecular weight is 245 g/mol. The highest BCUT2D eigenvalue weighted by atomic mass is 16.5. The van der Waals surface area contributed by atoms with Crippen molar-refractivity contribution in [3.63, 3.8) is 0 Å². The van der Waals surface area contributed by atoms with E-state index in [0.717, 1.165) is 0 Å². The lowest BCUT2D eigenvalue weighted by Crippen LogP contribution is -2.41. The number of urea groups is 1. The van der Waals surface area contributed by atoms with E-state index in [0.29, 0.717) is 0 Å². The number of hydrogen-bond donors (Lipinski definition) is 2. The molecule has 2 N–H and O–H groups in total. The van der Waals surface area contributed by atoms with Crippen molar-refractivity contribution in [1.29, 1.82) is 0 Å². The van der Waals surface area contributed by atoms with Gasteiger partial charge in [-0.3, -0.25) is 9.59 Å². The van der Waals surface area contributed by atoms with E-state index in [1.54, 1.807) is 14.0 Å². The van der Waals surface area contributed by atoms with Crippen LogP contribution in [0.5, 0.6) is 0 Å². The van der Waals surface area contributed by atoms with Gasteiger partial charge in [0.1, 0.15) is 6.54 Å². The van der Waals surface area contributed by atoms with Crippen LogP contribution < -0.4 is 10.6 Å². The number of carbonyl (C=O) groups excluding carboxylic acids is 3. The SMILES string of the molecule is CCOC(=O)CNC(=O)N(C)CCC(=O)NC. The third-order valence-electron chi connectivity index (χ3n) is 1.99. The van der Waals surface area contributed by atoms with E-state index in [-0.39, 0.29) is 32.0 Å². The van der Waals surface area contributed by atoms with Gasteiger partial charge in [0.05, 0.1) is 6.61 Å². The van der Waals surface area contributed by atoms with Gasteiger partial charge in [-0.05, 0) is 6.92 Å². The molecule has 0 fully saturated rings. The first kappa shape index (κ1) is 15.2. The molecule has 0 aliphatic rings. The highest BCUT2D eigenvalue weighted by Gasteiger charge is 2.11. The number of amides is 3. The lowest BCUT2D eigenvalue weighted by atomic mass is 10.4. The summed E-state index contributed by atoms with van der Waals surface area (Å²) in [4.78, 5) is 34.7. The number of rotatable bonds is 6. The Balaban J connectivity index is 3.82. The van der Waals surface area contributed by atoms with Crippen molar-refractivity contribution in [2.75, 3.05) is 33.8 Å². The van der Waals surface area contributed by atoms with Gasteiger partial charge < -0.3 is 20.3 Å². The number of nitrogens with one attached hydrogen (secondary N) is 2. The first-order valence-corrected chi connectivity index (χ1v) is 5.36. The molecule has 0 aromatic heterocycles. The van der Waals surface area contributed by atoms with Gasteiger partial charge in [0.15, 0.2) is 0 Å². The quantitative estimate of drug-likeness (QED) is 0.607. The van der Waals surface area contributed by atoms with Crippen molar-refractivity contribution in [2.45, 2.75) is 13.3 Å². The summed E-state index contributed by atoms with van der Waals surface area (Å²) in [7, 11) is 3.08. The molecule has 0 unspecified atom stereocenters. The maximum atomic E-state index is 11.4. The average Bonchev–Trinajstić information content (AvgIpc) is 2.32. The van der Waals surface area contributed by atoms with Crippen molar-refractivity contribution in [2.24, 2.45) is 0 Å². The first-order valence-electron chi connectivity index (χ1n) is 5.36. The van der Waals surface area contributed by atoms with E-state index in [1.165, 1.54) is 11.9 Å². The summed E-state index contributed by atoms with van der Waals surface area (Å²) in [5, 5.41) is 4.84. The summed E-state index contributed by atoms with van der Waals surface area (Å²) in [6.45, 7) is 2.09. The number of esters is 1. The molecule has 0 aromatic carbocycles. The summed E-state index contributed by atoms with van der Waals surface area (Å²) < 4.78 is 4.65. The summed E-state index contributed by atoms with van der Waals surface area (Å²) in [6, 6.07) is -0.415. The molecule has 0 saturated heterocycles. The van der Waals surface area contributed by atoms with E-state index in [1.807, 2.05) is 0 Å². The lowest BCUT2D eigenvalue weighted by molar-refractivity contribution is -0.141. The molecule has 0 spiro atoms. The molecule has 0 atom stereocenters. The second kappa shape index (κ2) is 8.37. The number of ether oxygens (including phenoxy) is 1. The molecule has 0 aliphatic heterocycles. The Morgan fingerprint density at radius 3 is 2.47 bits per heavy atom. The maximum absolute atomic E-state index is 11.4. The van der Waals surface area contributed by atoms with E-state index in [2.05, 4.69) is 15.4 Å². The molecule has 3 amide bonds. The largest absolute Gasteiger partial charge is 0.465 e. The van der Waals surface area contributed by atoms with E-state index in [4.69, 9.17) is 0 Å². The topological polar surface area (TPSA) is 87.7 Å². The highest BCUT2D eigenvalue weighted by Crippen LogP contribution is 1.89. The lowest BCUT2D eigenvalue weighted by Gasteiger charge is -2.16. The minimum atomic E-state index is -0.486. The van der Waals surface area contributed by atoms with Crippen LogP contribution in [0.15, 0.2) is 0 Å². The van der Waals surface area contributed by atoms with E-state index < -0.39 is 12.0 Å². The highest BCUT2D eigenvalue weighted by molar-refractivity contribution is 5.81. The molecule has 7 nitrogen and oxygen atoms in total. The van der Waals surface area contributed by atoms with Gasteiger partial charge in [0.25, 0.3) is 0 Å². The second-order valence-corrected chi connectivity index (χ2v) is 3.31. The van der Waals surface area contributed by atoms with Crippen molar-refractivity contribution < 1.29 is 19.1 Å². The zero-order chi connectivity index (χ0) is 13.3. The van der Waals surface area contributed by atoms with Gasteiger partial charge in [-0.1, -0.05) is 0 Å². The summed E-state index contributed by atoms with van der Waals surface area (Å²) in [5.41, 5.74) is 0. The Morgan fingerprint density at radius 2 is 1.94 bits per heavy atom. The Bertz CT molecular complexity index is 281. The third-order valence-corrected chi connectivity index (χ3v) is 1.99. The van der Waals surface area contributed by atoms with Crippen LogP contribution in [0.1, 0.15) is 13.3 Å². The minimum Gasteiger partial charge on any atom is -0.465 e. The molecule has 0 saturated carbocycles. The Morgan fingerprint density at radius 1 is 1.29 bits per heavy atom. The van der Waals surface area contributed by atoms with Crippen LogP contribution in [0.25, 0.3) is 0 Å². The fourth-order valence-corrected chi connectivity index (χ4v) is 0.991. The van der Waals surface area contributed by atoms with Gasteiger partial charge in [-0.2, -0.15) is 0 Å². The standard InChI is InChI=1S/C10H19N3O4/c1-4-17-9(15)7-12-10(16)13(3)6-5-8(14)11-2/h4-7H2,1-3H3,(H,11,14)(H,12,16). The summed E-state index contributed by atoms with van der Waals surface area (Å²) in [6.07, 6.45) is 0.222. The third kappa shape index (κ3) is 7.15. The van der Waals surface area contributed by atoms with Crippen LogP contribution in [-0.2, 0) is 14.3 Å². The van der Waals surface area contributed by atoms with Crippen LogP contribution >= 0.6 is 0 Å². The fraction of sp³-hybridized carbons (Fsp3) is 0.700. The Labute approximate surface area is 100 Å². The van der Waals surface area contributed by atoms with Gasteiger partial charge in [-0.25, -0.2) is 4.79 Å². The van der Waals surface area contributed by atoms with Crippen LogP contribution in [0, 0.1) is 0 Å². The predicted molar refractivity (Wildman–Crippen MR) is 61.3 cm³/mol. The molecule has 0 bridgehead atoms.